The molecule has 1 aromatic rings. The summed E-state index contributed by atoms with van der Waals surface area (Å²) in [7, 11) is 0. The average Bonchev–Trinajstić information content (AvgIpc) is 2.54. The predicted octanol–water partition coefficient (Wildman–Crippen LogP) is -2.10. The van der Waals surface area contributed by atoms with Crippen molar-refractivity contribution in [2.24, 2.45) is 22.2 Å². The summed E-state index contributed by atoms with van der Waals surface area (Å²) in [5.74, 6) is -2.29. The van der Waals surface area contributed by atoms with Crippen LogP contribution in [0.1, 0.15) is 10.4 Å². The number of phenols is 1. The minimum Gasteiger partial charge on any atom is -0.507 e. The number of benzene rings is 1. The van der Waals surface area contributed by atoms with Gasteiger partial charge in [0.05, 0.1) is 12.1 Å². The second-order valence-corrected chi connectivity index (χ2v) is 4.94. The molecule has 0 radical (unpaired) electrons. The molecular weight excluding hydrogens is 348 g/mol. The van der Waals surface area contributed by atoms with E-state index in [1.807, 2.05) is 5.32 Å². The van der Waals surface area contributed by atoms with Crippen molar-refractivity contribution in [2.45, 2.75) is 6.04 Å². The molecule has 3 amide bonds. The summed E-state index contributed by atoms with van der Waals surface area (Å²) in [5, 5.41) is 23.1. The van der Waals surface area contributed by atoms with Gasteiger partial charge < -0.3 is 42.8 Å². The highest BCUT2D eigenvalue weighted by Gasteiger charge is 2.21. The Kier molecular flexibility index (Phi) is 7.48. The van der Waals surface area contributed by atoms with E-state index in [-0.39, 0.29) is 36.2 Å². The topological polar surface area (TPSA) is 215 Å². The van der Waals surface area contributed by atoms with Crippen LogP contribution in [-0.2, 0) is 4.79 Å². The molecule has 1 unspecified atom stereocenters. The fourth-order valence-corrected chi connectivity index (χ4v) is 1.79. The Labute approximate surface area is 148 Å². The molecule has 10 N–H and O–H groups in total. The first kappa shape index (κ1) is 20.3. The van der Waals surface area contributed by atoms with Gasteiger partial charge in [0.1, 0.15) is 24.1 Å². The third-order valence-electron chi connectivity index (χ3n) is 2.95. The first-order valence-electron chi connectivity index (χ1n) is 7.29. The number of primary amides is 1. The number of carboxylic acids is 1. The molecule has 0 bridgehead atoms. The maximum Gasteiger partial charge on any atom is 0.328 e. The highest BCUT2D eigenvalue weighted by atomic mass is 16.5. The summed E-state index contributed by atoms with van der Waals surface area (Å²) in [6, 6.07) is 1.48. The van der Waals surface area contributed by atoms with Gasteiger partial charge in [0.15, 0.2) is 5.96 Å². The van der Waals surface area contributed by atoms with Gasteiger partial charge >= 0.3 is 12.0 Å². The lowest BCUT2D eigenvalue weighted by molar-refractivity contribution is -0.139. The van der Waals surface area contributed by atoms with Gasteiger partial charge in [0.2, 0.25) is 0 Å². The van der Waals surface area contributed by atoms with Crippen LogP contribution in [0.2, 0.25) is 0 Å². The number of carbonyl (C=O) groups excluding carboxylic acids is 2. The van der Waals surface area contributed by atoms with Gasteiger partial charge in [-0.3, -0.25) is 9.79 Å². The molecular formula is C14H20N6O6. The maximum absolute atomic E-state index is 12.0. The molecule has 0 aliphatic rings. The van der Waals surface area contributed by atoms with Gasteiger partial charge in [-0.05, 0) is 12.1 Å². The van der Waals surface area contributed by atoms with Crippen LogP contribution < -0.4 is 32.6 Å². The number of carboxylic acid groups (broad SMARTS) is 1. The first-order valence-corrected chi connectivity index (χ1v) is 7.29. The van der Waals surface area contributed by atoms with Crippen molar-refractivity contribution in [1.82, 2.24) is 10.6 Å². The first-order chi connectivity index (χ1) is 12.2. The van der Waals surface area contributed by atoms with Crippen molar-refractivity contribution in [2.75, 3.05) is 19.7 Å². The van der Waals surface area contributed by atoms with E-state index in [1.165, 1.54) is 18.2 Å². The number of phenolic OH excluding ortho intramolecular Hbond substituents is 1. The van der Waals surface area contributed by atoms with Crippen LogP contribution in [0.25, 0.3) is 0 Å². The fourth-order valence-electron chi connectivity index (χ4n) is 1.79. The van der Waals surface area contributed by atoms with E-state index in [9.17, 15) is 19.5 Å². The minimum absolute atomic E-state index is 0.0750. The van der Waals surface area contributed by atoms with Crippen LogP contribution in [0.5, 0.6) is 11.5 Å². The number of rotatable bonds is 9. The fraction of sp³-hybridized carbons (Fsp3) is 0.286. The normalized spacial score (nSPS) is 11.1. The second kappa shape index (κ2) is 9.56. The molecule has 26 heavy (non-hydrogen) atoms. The van der Waals surface area contributed by atoms with Gasteiger partial charge in [-0.1, -0.05) is 0 Å². The molecule has 0 saturated heterocycles. The molecule has 0 heterocycles. The predicted molar refractivity (Wildman–Crippen MR) is 90.8 cm³/mol. The smallest absolute Gasteiger partial charge is 0.328 e. The van der Waals surface area contributed by atoms with Crippen LogP contribution in [0.3, 0.4) is 0 Å². The number of urea groups is 1. The molecule has 0 aliphatic heterocycles. The number of carbonyl (C=O) groups is 3. The van der Waals surface area contributed by atoms with Gasteiger partial charge in [0.25, 0.3) is 5.91 Å². The Bertz CT molecular complexity index is 703. The van der Waals surface area contributed by atoms with Gasteiger partial charge in [0, 0.05) is 12.6 Å². The molecule has 0 aromatic heterocycles. The summed E-state index contributed by atoms with van der Waals surface area (Å²) < 4.78 is 5.30. The third-order valence-corrected chi connectivity index (χ3v) is 2.95. The number of nitrogens with zero attached hydrogens (tertiary/aromatic N) is 1. The Hall–Kier alpha value is -3.70. The van der Waals surface area contributed by atoms with Crippen molar-refractivity contribution in [3.8, 4) is 11.5 Å². The van der Waals surface area contributed by atoms with Crippen LogP contribution >= 0.6 is 0 Å². The molecule has 142 valence electrons. The zero-order valence-corrected chi connectivity index (χ0v) is 13.6. The number of hydrogen-bond acceptors (Lipinski definition) is 6. The zero-order chi connectivity index (χ0) is 19.7. The molecule has 0 spiro atoms. The summed E-state index contributed by atoms with van der Waals surface area (Å²) >= 11 is 0. The van der Waals surface area contributed by atoms with E-state index >= 15 is 0 Å². The van der Waals surface area contributed by atoms with E-state index in [0.29, 0.717) is 0 Å². The Morgan fingerprint density at radius 1 is 1.23 bits per heavy atom. The van der Waals surface area contributed by atoms with Gasteiger partial charge in [-0.2, -0.15) is 0 Å². The van der Waals surface area contributed by atoms with Crippen LogP contribution in [-0.4, -0.2) is 59.8 Å². The number of amides is 3. The largest absolute Gasteiger partial charge is 0.507 e. The average molecular weight is 368 g/mol. The Morgan fingerprint density at radius 2 is 1.92 bits per heavy atom. The van der Waals surface area contributed by atoms with E-state index in [0.717, 1.165) is 0 Å². The van der Waals surface area contributed by atoms with E-state index in [2.05, 4.69) is 10.3 Å². The third kappa shape index (κ3) is 6.82. The highest BCUT2D eigenvalue weighted by molar-refractivity contribution is 5.97. The number of nitrogens with one attached hydrogen (secondary N) is 2. The van der Waals surface area contributed by atoms with Crippen molar-refractivity contribution in [3.05, 3.63) is 23.8 Å². The van der Waals surface area contributed by atoms with Gasteiger partial charge in [-0.25, -0.2) is 9.59 Å². The lowest BCUT2D eigenvalue weighted by Gasteiger charge is -2.14. The summed E-state index contributed by atoms with van der Waals surface area (Å²) in [6.07, 6.45) is 0. The number of ether oxygens (including phenoxy) is 1. The number of aliphatic imine (C=N–C) groups is 1. The number of guanidine groups is 1. The zero-order valence-electron chi connectivity index (χ0n) is 13.6. The molecule has 0 saturated carbocycles. The second-order valence-electron chi connectivity index (χ2n) is 4.94. The van der Waals surface area contributed by atoms with E-state index < -0.39 is 30.5 Å². The van der Waals surface area contributed by atoms with Gasteiger partial charge in [-0.15, -0.1) is 0 Å². The van der Waals surface area contributed by atoms with Crippen LogP contribution in [0.15, 0.2) is 23.2 Å². The van der Waals surface area contributed by atoms with Crippen LogP contribution in [0.4, 0.5) is 4.79 Å². The lowest BCUT2D eigenvalue weighted by Crippen LogP contribution is -2.50. The Morgan fingerprint density at radius 3 is 2.46 bits per heavy atom. The summed E-state index contributed by atoms with van der Waals surface area (Å²) in [5.41, 5.74) is 15.1. The lowest BCUT2D eigenvalue weighted by atomic mass is 10.1. The molecule has 0 aliphatic carbocycles. The molecule has 0 fully saturated rings. The maximum atomic E-state index is 12.0. The summed E-state index contributed by atoms with van der Waals surface area (Å²) in [6.45, 7) is -0.0515. The summed E-state index contributed by atoms with van der Waals surface area (Å²) in [4.78, 5) is 37.4. The number of aliphatic carboxylic acids is 1. The standard InChI is InChI=1S/C14H20N6O6/c15-13(16)18-3-4-26-7-1-2-8(10(21)5-7)11(22)19-6-9(12(23)24)20-14(17)25/h1-2,5,9,21H,3-4,6H2,(H,19,22)(H,23,24)(H4,15,16,18)(H3,17,20,25). The van der Waals surface area contributed by atoms with Crippen LogP contribution in [0, 0.1) is 0 Å². The van der Waals surface area contributed by atoms with Crippen molar-refractivity contribution >= 4 is 23.9 Å². The highest BCUT2D eigenvalue weighted by Crippen LogP contribution is 2.23. The molecule has 12 nitrogen and oxygen atoms in total. The Balaban J connectivity index is 2.65. The minimum atomic E-state index is -1.41. The molecule has 12 heteroatoms. The van der Waals surface area contributed by atoms with E-state index in [1.54, 1.807) is 0 Å². The molecule has 1 aromatic carbocycles. The number of hydrogen-bond donors (Lipinski definition) is 7. The monoisotopic (exact) mass is 368 g/mol. The number of aromatic hydroxyl groups is 1. The SMILES string of the molecule is NC(=O)NC(CNC(=O)c1ccc(OCCN=C(N)N)cc1O)C(=O)O. The molecule has 1 rings (SSSR count). The van der Waals surface area contributed by atoms with Crippen molar-refractivity contribution < 1.29 is 29.3 Å². The molecule has 1 atom stereocenters. The quantitative estimate of drug-likeness (QED) is 0.145. The number of nitrogens with two attached hydrogens (primary N) is 3. The van der Waals surface area contributed by atoms with Crippen molar-refractivity contribution in [1.29, 1.82) is 0 Å². The van der Waals surface area contributed by atoms with E-state index in [4.69, 9.17) is 27.0 Å². The van der Waals surface area contributed by atoms with Crippen molar-refractivity contribution in [3.63, 3.8) is 0 Å².